The van der Waals surface area contributed by atoms with E-state index in [0.717, 1.165) is 31.1 Å². The van der Waals surface area contributed by atoms with Crippen molar-refractivity contribution >= 4 is 24.1 Å². The van der Waals surface area contributed by atoms with E-state index in [-0.39, 0.29) is 5.56 Å². The van der Waals surface area contributed by atoms with Gasteiger partial charge in [-0.2, -0.15) is 5.10 Å². The molecule has 0 bridgehead atoms. The van der Waals surface area contributed by atoms with Crippen LogP contribution in [0.15, 0.2) is 23.1 Å². The average molecular weight is 411 g/mol. The van der Waals surface area contributed by atoms with Crippen LogP contribution in [0.5, 0.6) is 0 Å². The van der Waals surface area contributed by atoms with E-state index in [1.807, 2.05) is 38.4 Å². The van der Waals surface area contributed by atoms with Gasteiger partial charge in [-0.3, -0.25) is 14.4 Å². The van der Waals surface area contributed by atoms with Crippen LogP contribution in [0, 0.1) is 0 Å². The topological polar surface area (TPSA) is 73.6 Å². The summed E-state index contributed by atoms with van der Waals surface area (Å²) < 4.78 is 15.9. The molecule has 0 amide bonds. The molecule has 1 aliphatic carbocycles. The Balaban J connectivity index is 1.40. The second kappa shape index (κ2) is 6.70. The van der Waals surface area contributed by atoms with Crippen molar-refractivity contribution in [2.45, 2.75) is 70.9 Å². The standard InChI is InChI=1S/C21H30BN5O3/c1-20(2)21(3,4)30-22(29-20)14-10-17(19(28)25(5)12-14)23-18-11-16-13-26(15-6-7-15)8-9-27(16)24-18/h10-12,15H,6-9,13H2,1-5H3,(H,23,24). The molecule has 8 nitrogen and oxygen atoms in total. The quantitative estimate of drug-likeness (QED) is 0.771. The summed E-state index contributed by atoms with van der Waals surface area (Å²) in [6.07, 6.45) is 4.39. The molecule has 0 atom stereocenters. The lowest BCUT2D eigenvalue weighted by molar-refractivity contribution is 0.00578. The van der Waals surface area contributed by atoms with Crippen LogP contribution < -0.4 is 16.3 Å². The second-order valence-electron chi connectivity index (χ2n) is 9.76. The predicted molar refractivity (Wildman–Crippen MR) is 116 cm³/mol. The van der Waals surface area contributed by atoms with E-state index in [2.05, 4.69) is 21.4 Å². The van der Waals surface area contributed by atoms with Crippen molar-refractivity contribution in [2.75, 3.05) is 11.9 Å². The van der Waals surface area contributed by atoms with Crippen molar-refractivity contribution in [1.29, 1.82) is 0 Å². The molecular formula is C21H30BN5O3. The average Bonchev–Trinajstić information content (AvgIpc) is 3.39. The van der Waals surface area contributed by atoms with Crippen molar-refractivity contribution in [2.24, 2.45) is 7.05 Å². The Labute approximate surface area is 177 Å². The summed E-state index contributed by atoms with van der Waals surface area (Å²) in [7, 11) is 1.22. The number of fused-ring (bicyclic) bond motifs is 1. The molecule has 0 radical (unpaired) electrons. The second-order valence-corrected chi connectivity index (χ2v) is 9.76. The van der Waals surface area contributed by atoms with Crippen molar-refractivity contribution < 1.29 is 9.31 Å². The number of hydrogen-bond acceptors (Lipinski definition) is 6. The highest BCUT2D eigenvalue weighted by Crippen LogP contribution is 2.36. The first-order valence-corrected chi connectivity index (χ1v) is 10.8. The van der Waals surface area contributed by atoms with Gasteiger partial charge in [0.15, 0.2) is 5.82 Å². The number of pyridine rings is 1. The molecule has 30 heavy (non-hydrogen) atoms. The van der Waals surface area contributed by atoms with Crippen molar-refractivity contribution in [3.63, 3.8) is 0 Å². The molecule has 2 aromatic rings. The highest BCUT2D eigenvalue weighted by Gasteiger charge is 2.52. The van der Waals surface area contributed by atoms with E-state index in [0.29, 0.717) is 11.5 Å². The molecule has 0 spiro atoms. The van der Waals surface area contributed by atoms with Gasteiger partial charge in [0.1, 0.15) is 5.69 Å². The van der Waals surface area contributed by atoms with Crippen LogP contribution in [0.4, 0.5) is 11.5 Å². The lowest BCUT2D eigenvalue weighted by atomic mass is 9.80. The smallest absolute Gasteiger partial charge is 0.399 e. The van der Waals surface area contributed by atoms with Crippen LogP contribution >= 0.6 is 0 Å². The fourth-order valence-electron chi connectivity index (χ4n) is 4.17. The van der Waals surface area contributed by atoms with Gasteiger partial charge in [0.2, 0.25) is 0 Å². The van der Waals surface area contributed by atoms with Crippen molar-refractivity contribution in [1.82, 2.24) is 19.2 Å². The SMILES string of the molecule is Cn1cc(B2OC(C)(C)C(C)(C)O2)cc(Nc2cc3n(n2)CCN(C2CC2)C3)c1=O. The molecule has 4 heterocycles. The summed E-state index contributed by atoms with van der Waals surface area (Å²) in [4.78, 5) is 15.3. The van der Waals surface area contributed by atoms with Crippen LogP contribution in [-0.2, 0) is 29.4 Å². The monoisotopic (exact) mass is 411 g/mol. The summed E-state index contributed by atoms with van der Waals surface area (Å²) in [6.45, 7) is 10.9. The first kappa shape index (κ1) is 19.8. The molecule has 2 fully saturated rings. The van der Waals surface area contributed by atoms with Gasteiger partial charge in [-0.1, -0.05) is 0 Å². The van der Waals surface area contributed by atoms with Gasteiger partial charge >= 0.3 is 7.12 Å². The first-order valence-electron chi connectivity index (χ1n) is 10.8. The van der Waals surface area contributed by atoms with Crippen LogP contribution in [0.2, 0.25) is 0 Å². The van der Waals surface area contributed by atoms with E-state index in [1.54, 1.807) is 17.8 Å². The van der Waals surface area contributed by atoms with Gasteiger partial charge in [-0.25, -0.2) is 0 Å². The zero-order valence-corrected chi connectivity index (χ0v) is 18.4. The van der Waals surface area contributed by atoms with Crippen LogP contribution in [0.1, 0.15) is 46.2 Å². The molecule has 1 N–H and O–H groups in total. The van der Waals surface area contributed by atoms with E-state index in [1.165, 1.54) is 18.5 Å². The fourth-order valence-corrected chi connectivity index (χ4v) is 4.17. The van der Waals surface area contributed by atoms with Crippen molar-refractivity contribution in [3.8, 4) is 0 Å². The minimum Gasteiger partial charge on any atom is -0.399 e. The van der Waals surface area contributed by atoms with Crippen LogP contribution in [0.3, 0.4) is 0 Å². The highest BCUT2D eigenvalue weighted by atomic mass is 16.7. The number of aryl methyl sites for hydroxylation is 1. The fraction of sp³-hybridized carbons (Fsp3) is 0.619. The largest absolute Gasteiger partial charge is 0.496 e. The van der Waals surface area contributed by atoms with Gasteiger partial charge in [-0.15, -0.1) is 0 Å². The summed E-state index contributed by atoms with van der Waals surface area (Å²) in [5, 5.41) is 7.91. The van der Waals surface area contributed by atoms with E-state index in [4.69, 9.17) is 9.31 Å². The van der Waals surface area contributed by atoms with Gasteiger partial charge in [-0.05, 0) is 46.6 Å². The Morgan fingerprint density at radius 2 is 1.83 bits per heavy atom. The van der Waals surface area contributed by atoms with Crippen molar-refractivity contribution in [3.05, 3.63) is 34.4 Å². The lowest BCUT2D eigenvalue weighted by Gasteiger charge is -2.32. The maximum Gasteiger partial charge on any atom is 0.496 e. The summed E-state index contributed by atoms with van der Waals surface area (Å²) >= 11 is 0. The molecule has 9 heteroatoms. The molecule has 0 aromatic carbocycles. The number of hydrogen-bond donors (Lipinski definition) is 1. The summed E-state index contributed by atoms with van der Waals surface area (Å²) in [6, 6.07) is 4.61. The normalized spacial score (nSPS) is 22.9. The third kappa shape index (κ3) is 3.38. The Hall–Kier alpha value is -2.10. The molecule has 2 aromatic heterocycles. The maximum atomic E-state index is 12.8. The lowest BCUT2D eigenvalue weighted by Crippen LogP contribution is -2.41. The first-order chi connectivity index (χ1) is 14.1. The Kier molecular flexibility index (Phi) is 4.43. The summed E-state index contributed by atoms with van der Waals surface area (Å²) in [5.74, 6) is 0.700. The minimum atomic E-state index is -0.523. The third-order valence-corrected chi connectivity index (χ3v) is 6.88. The number of aromatic nitrogens is 3. The number of nitrogens with zero attached hydrogens (tertiary/aromatic N) is 4. The molecule has 1 saturated heterocycles. The van der Waals surface area contributed by atoms with Gasteiger partial charge in [0.05, 0.1) is 23.4 Å². The Morgan fingerprint density at radius 3 is 2.50 bits per heavy atom. The van der Waals surface area contributed by atoms with E-state index >= 15 is 0 Å². The molecule has 160 valence electrons. The molecule has 1 saturated carbocycles. The number of nitrogens with one attached hydrogen (secondary N) is 1. The molecule has 2 aliphatic heterocycles. The third-order valence-electron chi connectivity index (χ3n) is 6.88. The van der Waals surface area contributed by atoms with Crippen LogP contribution in [-0.4, -0.2) is 50.2 Å². The summed E-state index contributed by atoms with van der Waals surface area (Å²) in [5.41, 5.74) is 1.49. The molecule has 5 rings (SSSR count). The van der Waals surface area contributed by atoms with Gasteiger partial charge < -0.3 is 19.2 Å². The Morgan fingerprint density at radius 1 is 1.13 bits per heavy atom. The zero-order valence-electron chi connectivity index (χ0n) is 18.4. The molecular weight excluding hydrogens is 381 g/mol. The highest BCUT2D eigenvalue weighted by molar-refractivity contribution is 6.62. The maximum absolute atomic E-state index is 12.8. The molecule has 3 aliphatic rings. The minimum absolute atomic E-state index is 0.110. The predicted octanol–water partition coefficient (Wildman–Crippen LogP) is 1.60. The Bertz CT molecular complexity index is 1020. The van der Waals surface area contributed by atoms with E-state index < -0.39 is 18.3 Å². The zero-order chi connectivity index (χ0) is 21.3. The van der Waals surface area contributed by atoms with Gasteiger partial charge in [0.25, 0.3) is 5.56 Å². The number of anilines is 2. The van der Waals surface area contributed by atoms with Crippen LogP contribution in [0.25, 0.3) is 0 Å². The van der Waals surface area contributed by atoms with E-state index in [9.17, 15) is 4.79 Å². The van der Waals surface area contributed by atoms with Gasteiger partial charge in [0, 0.05) is 43.9 Å². The number of rotatable bonds is 4. The molecule has 0 unspecified atom stereocenters.